The Morgan fingerprint density at radius 3 is 2.25 bits per heavy atom. The fourth-order valence-electron chi connectivity index (χ4n) is 0.644. The molecule has 0 aromatic heterocycles. The molecule has 0 aliphatic heterocycles. The van der Waals surface area contributed by atoms with Crippen molar-refractivity contribution >= 4 is 6.47 Å². The number of benzene rings is 1. The molecule has 0 N–H and O–H groups in total. The molecule has 0 fully saturated rings. The molecule has 1 rings (SSSR count). The first kappa shape index (κ1) is 17.7. The molecule has 1 aromatic carbocycles. The van der Waals surface area contributed by atoms with Crippen LogP contribution in [0.3, 0.4) is 0 Å². The summed E-state index contributed by atoms with van der Waals surface area (Å²) in [6.45, 7) is 9.49. The molecule has 2 nitrogen and oxygen atoms in total. The zero-order chi connectivity index (χ0) is 11.7. The van der Waals surface area contributed by atoms with Crippen molar-refractivity contribution in [3.63, 3.8) is 0 Å². The van der Waals surface area contributed by atoms with E-state index in [-0.39, 0.29) is 18.6 Å². The molecule has 0 amide bonds. The predicted octanol–water partition coefficient (Wildman–Crippen LogP) is 3.21. The average molecular weight is 258 g/mol. The van der Waals surface area contributed by atoms with Gasteiger partial charge in [0, 0.05) is 18.6 Å². The van der Waals surface area contributed by atoms with Crippen LogP contribution in [-0.4, -0.2) is 6.47 Å². The Bertz CT molecular complexity index is 259. The molecule has 89 valence electrons. The summed E-state index contributed by atoms with van der Waals surface area (Å²) in [5.74, 6) is 0. The molecule has 0 bridgehead atoms. The van der Waals surface area contributed by atoms with Crippen LogP contribution in [0.4, 0.5) is 0 Å². The number of ether oxygens (including phenoxy) is 1. The van der Waals surface area contributed by atoms with Gasteiger partial charge >= 0.3 is 0 Å². The van der Waals surface area contributed by atoms with Crippen molar-refractivity contribution in [3.05, 3.63) is 35.9 Å². The van der Waals surface area contributed by atoms with E-state index in [1.54, 1.807) is 6.07 Å². The second kappa shape index (κ2) is 9.50. The van der Waals surface area contributed by atoms with E-state index in [1.807, 2.05) is 18.2 Å². The van der Waals surface area contributed by atoms with Gasteiger partial charge in [0.05, 0.1) is 6.61 Å². The third-order valence-corrected chi connectivity index (χ3v) is 1.08. The maximum Gasteiger partial charge on any atom is 0.293 e. The van der Waals surface area contributed by atoms with Gasteiger partial charge in [0.25, 0.3) is 6.47 Å². The number of hydrogen-bond donors (Lipinski definition) is 0. The van der Waals surface area contributed by atoms with Gasteiger partial charge in [-0.1, -0.05) is 27.7 Å². The van der Waals surface area contributed by atoms with Crippen LogP contribution < -0.4 is 0 Å². The van der Waals surface area contributed by atoms with Crippen LogP contribution in [-0.2, 0) is 34.7 Å². The van der Waals surface area contributed by atoms with Gasteiger partial charge in [0.15, 0.2) is 0 Å². The monoisotopic (exact) mass is 258 g/mol. The molecular formula is C13H19O2V-. The molecule has 0 heterocycles. The van der Waals surface area contributed by atoms with Gasteiger partial charge in [-0.3, -0.25) is 4.79 Å². The van der Waals surface area contributed by atoms with Crippen LogP contribution in [0.5, 0.6) is 0 Å². The first-order valence-corrected chi connectivity index (χ1v) is 4.94. The Morgan fingerprint density at radius 1 is 1.31 bits per heavy atom. The quantitative estimate of drug-likeness (QED) is 0.614. The second-order valence-corrected chi connectivity index (χ2v) is 4.80. The standard InChI is InChI=1S/C8H7O2.C5H12.V/c9-7-10-6-8-4-2-1-3-5-8;1-5(2,3)4;/h1-4,7H,6H2;1-4H3;/q-1;;. The summed E-state index contributed by atoms with van der Waals surface area (Å²) in [4.78, 5) is 9.74. The Kier molecular flexibility index (Phi) is 10.5. The van der Waals surface area contributed by atoms with Crippen molar-refractivity contribution < 1.29 is 28.1 Å². The molecule has 3 heteroatoms. The van der Waals surface area contributed by atoms with E-state index in [1.165, 1.54) is 0 Å². The van der Waals surface area contributed by atoms with Crippen LogP contribution >= 0.6 is 0 Å². The van der Waals surface area contributed by atoms with Crippen molar-refractivity contribution in [3.8, 4) is 0 Å². The fraction of sp³-hybridized carbons (Fsp3) is 0.462. The van der Waals surface area contributed by atoms with Crippen molar-refractivity contribution in [1.82, 2.24) is 0 Å². The Balaban J connectivity index is 0. The van der Waals surface area contributed by atoms with E-state index in [2.05, 4.69) is 38.5 Å². The average Bonchev–Trinajstić information content (AvgIpc) is 2.14. The van der Waals surface area contributed by atoms with Gasteiger partial charge in [0.2, 0.25) is 0 Å². The third-order valence-electron chi connectivity index (χ3n) is 1.08. The zero-order valence-corrected chi connectivity index (χ0v) is 11.8. The Hall–Kier alpha value is -0.726. The van der Waals surface area contributed by atoms with Crippen molar-refractivity contribution in [2.24, 2.45) is 5.41 Å². The number of rotatable bonds is 3. The zero-order valence-electron chi connectivity index (χ0n) is 10.4. The van der Waals surface area contributed by atoms with Crippen LogP contribution in [0.1, 0.15) is 33.3 Å². The van der Waals surface area contributed by atoms with Gasteiger partial charge in [-0.15, -0.1) is 5.56 Å². The topological polar surface area (TPSA) is 26.3 Å². The Morgan fingerprint density at radius 2 is 1.88 bits per heavy atom. The minimum Gasteiger partial charge on any atom is -0.465 e. The first-order chi connectivity index (χ1) is 6.93. The Labute approximate surface area is 110 Å². The van der Waals surface area contributed by atoms with Gasteiger partial charge in [-0.25, -0.2) is 0 Å². The predicted molar refractivity (Wildman–Crippen MR) is 61.3 cm³/mol. The molecule has 0 unspecified atom stereocenters. The molecule has 0 aliphatic rings. The molecule has 1 aromatic rings. The summed E-state index contributed by atoms with van der Waals surface area (Å²) < 4.78 is 4.51. The summed E-state index contributed by atoms with van der Waals surface area (Å²) in [5, 5.41) is 0. The van der Waals surface area contributed by atoms with Crippen LogP contribution in [0.2, 0.25) is 0 Å². The molecule has 16 heavy (non-hydrogen) atoms. The molecule has 0 saturated heterocycles. The van der Waals surface area contributed by atoms with Crippen LogP contribution in [0, 0.1) is 11.5 Å². The minimum absolute atomic E-state index is 0. The SMILES string of the molecule is CC(C)(C)C.O=COCc1[c-]cccc1.[V]. The van der Waals surface area contributed by atoms with E-state index < -0.39 is 0 Å². The van der Waals surface area contributed by atoms with Crippen LogP contribution in [0.25, 0.3) is 0 Å². The second-order valence-electron chi connectivity index (χ2n) is 4.80. The normalized spacial score (nSPS) is 9.25. The summed E-state index contributed by atoms with van der Waals surface area (Å²) in [6.07, 6.45) is 0. The molecule has 0 saturated carbocycles. The summed E-state index contributed by atoms with van der Waals surface area (Å²) in [7, 11) is 0. The van der Waals surface area contributed by atoms with Crippen molar-refractivity contribution in [2.75, 3.05) is 0 Å². The van der Waals surface area contributed by atoms with Gasteiger partial charge in [0.1, 0.15) is 0 Å². The van der Waals surface area contributed by atoms with E-state index in [9.17, 15) is 4.79 Å². The number of carbonyl (C=O) groups excluding carboxylic acids is 1. The van der Waals surface area contributed by atoms with Gasteiger partial charge in [-0.2, -0.15) is 30.3 Å². The smallest absolute Gasteiger partial charge is 0.293 e. The number of carbonyl (C=O) groups is 1. The van der Waals surface area contributed by atoms with E-state index in [0.717, 1.165) is 5.56 Å². The molecule has 1 radical (unpaired) electrons. The van der Waals surface area contributed by atoms with E-state index in [0.29, 0.717) is 18.5 Å². The minimum atomic E-state index is 0. The molecular weight excluding hydrogens is 239 g/mol. The number of hydrogen-bond acceptors (Lipinski definition) is 2. The largest absolute Gasteiger partial charge is 0.465 e. The van der Waals surface area contributed by atoms with Crippen molar-refractivity contribution in [1.29, 1.82) is 0 Å². The maximum absolute atomic E-state index is 9.74. The first-order valence-electron chi connectivity index (χ1n) is 4.94. The summed E-state index contributed by atoms with van der Waals surface area (Å²) in [5.41, 5.74) is 1.38. The van der Waals surface area contributed by atoms with E-state index >= 15 is 0 Å². The summed E-state index contributed by atoms with van der Waals surface area (Å²) >= 11 is 0. The molecule has 0 atom stereocenters. The van der Waals surface area contributed by atoms with Gasteiger partial charge < -0.3 is 4.74 Å². The third kappa shape index (κ3) is 15.7. The van der Waals surface area contributed by atoms with Crippen LogP contribution in [0.15, 0.2) is 24.3 Å². The fourth-order valence-corrected chi connectivity index (χ4v) is 0.644. The molecule has 0 aliphatic carbocycles. The maximum atomic E-state index is 9.74. The van der Waals surface area contributed by atoms with Crippen molar-refractivity contribution in [2.45, 2.75) is 34.3 Å². The van der Waals surface area contributed by atoms with E-state index in [4.69, 9.17) is 0 Å². The van der Waals surface area contributed by atoms with Gasteiger partial charge in [-0.05, 0) is 5.41 Å². The molecule has 0 spiro atoms. The summed E-state index contributed by atoms with van der Waals surface area (Å²) in [6, 6.07) is 10.3.